The maximum atomic E-state index is 13.2. The van der Waals surface area contributed by atoms with Crippen LogP contribution in [0.5, 0.6) is 0 Å². The van der Waals surface area contributed by atoms with Crippen molar-refractivity contribution in [3.8, 4) is 0 Å². The lowest BCUT2D eigenvalue weighted by Gasteiger charge is -2.33. The second kappa shape index (κ2) is 10.2. The zero-order valence-corrected chi connectivity index (χ0v) is 18.3. The van der Waals surface area contributed by atoms with Crippen LogP contribution in [0.25, 0.3) is 0 Å². The summed E-state index contributed by atoms with van der Waals surface area (Å²) in [5.74, 6) is -3.13. The van der Waals surface area contributed by atoms with E-state index >= 15 is 0 Å². The molecule has 0 fully saturated rings. The second-order valence-corrected chi connectivity index (χ2v) is 10.3. The number of sulfonamides is 1. The van der Waals surface area contributed by atoms with E-state index in [1.807, 2.05) is 0 Å². The number of rotatable bonds is 11. The fourth-order valence-electron chi connectivity index (χ4n) is 2.04. The minimum absolute atomic E-state index is 0.0776. The number of carbonyl (C=O) groups is 1. The van der Waals surface area contributed by atoms with E-state index in [1.54, 1.807) is 6.07 Å². The molecule has 0 aromatic heterocycles. The van der Waals surface area contributed by atoms with Crippen molar-refractivity contribution >= 4 is 46.8 Å². The zero-order chi connectivity index (χ0) is 20.7. The maximum Gasteiger partial charge on any atom is 0.352 e. The second-order valence-electron chi connectivity index (χ2n) is 5.06. The molecule has 0 saturated carbocycles. The average Bonchev–Trinajstić information content (AvgIpc) is 2.61. The van der Waals surface area contributed by atoms with E-state index in [2.05, 4.69) is 4.72 Å². The molecule has 27 heavy (non-hydrogen) atoms. The van der Waals surface area contributed by atoms with E-state index in [0.717, 1.165) is 0 Å². The summed E-state index contributed by atoms with van der Waals surface area (Å²) in [6.07, 6.45) is 0. The predicted molar refractivity (Wildman–Crippen MR) is 102 cm³/mol. The topological polar surface area (TPSA) is 108 Å². The Labute approximate surface area is 169 Å². The van der Waals surface area contributed by atoms with Gasteiger partial charge >= 0.3 is 13.6 Å². The van der Waals surface area contributed by atoms with Crippen molar-refractivity contribution in [2.45, 2.75) is 35.8 Å². The highest BCUT2D eigenvalue weighted by atomic mass is 35.5. The smallest absolute Gasteiger partial charge is 0.352 e. The van der Waals surface area contributed by atoms with Crippen LogP contribution in [0.3, 0.4) is 0 Å². The minimum Gasteiger partial charge on any atom is -0.464 e. The van der Waals surface area contributed by atoms with Crippen LogP contribution in [0.1, 0.15) is 20.8 Å². The van der Waals surface area contributed by atoms with Gasteiger partial charge < -0.3 is 13.8 Å². The molecule has 154 valence electrons. The van der Waals surface area contributed by atoms with Gasteiger partial charge in [0.05, 0.1) is 24.7 Å². The number of ether oxygens (including phenoxy) is 1. The Balaban J connectivity index is 3.45. The van der Waals surface area contributed by atoms with Gasteiger partial charge in [-0.2, -0.15) is 4.72 Å². The van der Waals surface area contributed by atoms with Crippen molar-refractivity contribution in [3.63, 3.8) is 0 Å². The Morgan fingerprint density at radius 1 is 1.11 bits per heavy atom. The first-order valence-corrected chi connectivity index (χ1v) is 11.9. The summed E-state index contributed by atoms with van der Waals surface area (Å²) in [4.78, 5) is 12.1. The molecule has 0 heterocycles. The summed E-state index contributed by atoms with van der Waals surface area (Å²) in [6, 6.07) is 7.22. The molecular formula is C15H22Cl2NO7PS. The number of hydrogen-bond acceptors (Lipinski definition) is 7. The van der Waals surface area contributed by atoms with Crippen LogP contribution in [-0.4, -0.2) is 44.3 Å². The van der Waals surface area contributed by atoms with Gasteiger partial charge in [-0.1, -0.05) is 41.4 Å². The molecule has 0 aliphatic rings. The maximum absolute atomic E-state index is 13.2. The van der Waals surface area contributed by atoms with Crippen LogP contribution in [0, 0.1) is 0 Å². The molecule has 0 amide bonds. The van der Waals surface area contributed by atoms with Gasteiger partial charge in [0.15, 0.2) is 5.78 Å². The fourth-order valence-corrected chi connectivity index (χ4v) is 6.75. The summed E-state index contributed by atoms with van der Waals surface area (Å²) in [7, 11) is -8.57. The molecule has 1 aromatic carbocycles. The van der Waals surface area contributed by atoms with Crippen molar-refractivity contribution in [3.05, 3.63) is 30.3 Å². The Morgan fingerprint density at radius 2 is 1.63 bits per heavy atom. The van der Waals surface area contributed by atoms with Gasteiger partial charge in [-0.05, 0) is 32.9 Å². The van der Waals surface area contributed by atoms with E-state index in [1.165, 1.54) is 45.0 Å². The van der Waals surface area contributed by atoms with Gasteiger partial charge in [-0.15, -0.1) is 0 Å². The van der Waals surface area contributed by atoms with E-state index < -0.39 is 33.7 Å². The van der Waals surface area contributed by atoms with E-state index in [-0.39, 0.29) is 24.7 Å². The molecule has 1 atom stereocenters. The van der Waals surface area contributed by atoms with Crippen molar-refractivity contribution < 1.29 is 31.6 Å². The number of carbonyl (C=O) groups excluding carboxylic acids is 1. The van der Waals surface area contributed by atoms with E-state index in [0.29, 0.717) is 0 Å². The SMILES string of the molecule is CCOC(=O)C(Cl)(Cl)C(NS(=O)(=O)c1ccccc1)P(=O)(OCC)OCC. The van der Waals surface area contributed by atoms with Crippen LogP contribution in [-0.2, 0) is 33.2 Å². The van der Waals surface area contributed by atoms with Gasteiger partial charge in [0.2, 0.25) is 14.4 Å². The molecule has 0 saturated heterocycles. The Hall–Kier alpha value is -0.670. The lowest BCUT2D eigenvalue weighted by Crippen LogP contribution is -2.51. The summed E-state index contributed by atoms with van der Waals surface area (Å²) in [5, 5.41) is 0. The monoisotopic (exact) mass is 461 g/mol. The highest BCUT2D eigenvalue weighted by molar-refractivity contribution is 7.89. The lowest BCUT2D eigenvalue weighted by molar-refractivity contribution is -0.144. The van der Waals surface area contributed by atoms with Crippen LogP contribution in [0.15, 0.2) is 35.2 Å². The summed E-state index contributed by atoms with van der Waals surface area (Å²) in [5.41, 5.74) is 0. The Bertz CT molecular complexity index is 764. The van der Waals surface area contributed by atoms with Gasteiger partial charge in [0.25, 0.3) is 0 Å². The largest absolute Gasteiger partial charge is 0.464 e. The van der Waals surface area contributed by atoms with Gasteiger partial charge in [-0.3, -0.25) is 4.57 Å². The van der Waals surface area contributed by atoms with Crippen LogP contribution >= 0.6 is 30.8 Å². The average molecular weight is 462 g/mol. The first-order chi connectivity index (χ1) is 12.5. The van der Waals surface area contributed by atoms with Crippen molar-refractivity contribution in [1.29, 1.82) is 0 Å². The Morgan fingerprint density at radius 3 is 2.07 bits per heavy atom. The normalized spacial score (nSPS) is 14.0. The molecule has 1 aromatic rings. The van der Waals surface area contributed by atoms with Crippen molar-refractivity contribution in [2.24, 2.45) is 0 Å². The molecule has 1 N–H and O–H groups in total. The molecule has 12 heteroatoms. The van der Waals surface area contributed by atoms with Gasteiger partial charge in [0, 0.05) is 0 Å². The summed E-state index contributed by atoms with van der Waals surface area (Å²) >= 11 is 12.2. The molecule has 1 unspecified atom stereocenters. The first-order valence-electron chi connectivity index (χ1n) is 8.06. The van der Waals surface area contributed by atoms with E-state index in [9.17, 15) is 17.8 Å². The number of benzene rings is 1. The molecule has 8 nitrogen and oxygen atoms in total. The highest BCUT2D eigenvalue weighted by Gasteiger charge is 2.57. The third-order valence-electron chi connectivity index (χ3n) is 3.15. The molecule has 1 rings (SSSR count). The van der Waals surface area contributed by atoms with Gasteiger partial charge in [-0.25, -0.2) is 13.2 Å². The quantitative estimate of drug-likeness (QED) is 0.306. The lowest BCUT2D eigenvalue weighted by atomic mass is 10.4. The first kappa shape index (κ1) is 24.4. The number of hydrogen-bond donors (Lipinski definition) is 1. The van der Waals surface area contributed by atoms with Crippen LogP contribution in [0.4, 0.5) is 0 Å². The van der Waals surface area contributed by atoms with Crippen molar-refractivity contribution in [2.75, 3.05) is 19.8 Å². The highest BCUT2D eigenvalue weighted by Crippen LogP contribution is 2.58. The summed E-state index contributed by atoms with van der Waals surface area (Å²) in [6.45, 7) is 4.26. The third-order valence-corrected chi connectivity index (χ3v) is 8.19. The standard InChI is InChI=1S/C15H22Cl2NO7PS/c1-4-23-14(19)15(16,17)13(26(20,24-5-2)25-6-3)18-27(21,22)12-10-8-7-9-11-12/h7-11,13,18H,4-6H2,1-3H3. The van der Waals surface area contributed by atoms with Crippen LogP contribution in [0.2, 0.25) is 0 Å². The van der Waals surface area contributed by atoms with E-state index in [4.69, 9.17) is 37.0 Å². The number of alkyl halides is 2. The molecule has 0 aliphatic heterocycles. The van der Waals surface area contributed by atoms with Crippen LogP contribution < -0.4 is 4.72 Å². The Kier molecular flexibility index (Phi) is 9.21. The number of halogens is 2. The minimum atomic E-state index is -4.30. The van der Waals surface area contributed by atoms with Crippen molar-refractivity contribution in [1.82, 2.24) is 4.72 Å². The number of esters is 1. The fraction of sp³-hybridized carbons (Fsp3) is 0.533. The van der Waals surface area contributed by atoms with Gasteiger partial charge in [0.1, 0.15) is 0 Å². The predicted octanol–water partition coefficient (Wildman–Crippen LogP) is 3.29. The third kappa shape index (κ3) is 6.15. The summed E-state index contributed by atoms with van der Waals surface area (Å²) < 4.78 is 53.3. The molecule has 0 bridgehead atoms. The zero-order valence-electron chi connectivity index (χ0n) is 15.1. The molecule has 0 spiro atoms. The molecule has 0 aliphatic carbocycles. The molecular weight excluding hydrogens is 440 g/mol. The number of nitrogens with one attached hydrogen (secondary N) is 1. The molecule has 0 radical (unpaired) electrons.